The van der Waals surface area contributed by atoms with E-state index < -0.39 is 0 Å². The zero-order chi connectivity index (χ0) is 14.0. The topological polar surface area (TPSA) is 48.5 Å². The van der Waals surface area contributed by atoms with Gasteiger partial charge < -0.3 is 15.1 Å². The number of anilines is 1. The van der Waals surface area contributed by atoms with Crippen molar-refractivity contribution in [2.24, 2.45) is 5.92 Å². The number of hydrogen-bond acceptors (Lipinski definition) is 4. The highest BCUT2D eigenvalue weighted by Crippen LogP contribution is 2.22. The number of rotatable bonds is 3. The summed E-state index contributed by atoms with van der Waals surface area (Å²) in [5.74, 6) is 1.32. The lowest BCUT2D eigenvalue weighted by molar-refractivity contribution is 0.0781. The van der Waals surface area contributed by atoms with Gasteiger partial charge in [-0.2, -0.15) is 0 Å². The normalized spacial score (nSPS) is 22.9. The fourth-order valence-corrected chi connectivity index (χ4v) is 2.67. The van der Waals surface area contributed by atoms with Crippen LogP contribution >= 0.6 is 0 Å². The summed E-state index contributed by atoms with van der Waals surface area (Å²) in [4.78, 5) is 20.7. The van der Waals surface area contributed by atoms with Gasteiger partial charge in [-0.05, 0) is 32.1 Å². The molecule has 0 saturated carbocycles. The van der Waals surface area contributed by atoms with E-state index in [-0.39, 0.29) is 5.91 Å². The van der Waals surface area contributed by atoms with Crippen LogP contribution in [0, 0.1) is 5.92 Å². The smallest absolute Gasteiger partial charge is 0.254 e. The Kier molecular flexibility index (Phi) is 4.04. The Morgan fingerprint density at radius 3 is 2.79 bits per heavy atom. The standard InChI is InChI=1S/C14H22N4O/c1-10-8-18(9-12(10)17(3)4)14(19)11-5-6-16-13(7-11)15-2/h5-7,10,12H,8-9H2,1-4H3,(H,15,16). The molecule has 104 valence electrons. The van der Waals surface area contributed by atoms with Gasteiger partial charge in [-0.1, -0.05) is 6.92 Å². The molecule has 5 nitrogen and oxygen atoms in total. The minimum atomic E-state index is 0.0927. The number of carbonyl (C=O) groups is 1. The lowest BCUT2D eigenvalue weighted by atomic mass is 10.1. The number of carbonyl (C=O) groups excluding carboxylic acids is 1. The Morgan fingerprint density at radius 2 is 2.21 bits per heavy atom. The van der Waals surface area contributed by atoms with E-state index in [1.165, 1.54) is 0 Å². The highest BCUT2D eigenvalue weighted by atomic mass is 16.2. The van der Waals surface area contributed by atoms with Crippen molar-refractivity contribution in [1.82, 2.24) is 14.8 Å². The molecule has 0 spiro atoms. The largest absolute Gasteiger partial charge is 0.373 e. The number of nitrogens with one attached hydrogen (secondary N) is 1. The highest BCUT2D eigenvalue weighted by molar-refractivity contribution is 5.95. The van der Waals surface area contributed by atoms with Crippen molar-refractivity contribution in [1.29, 1.82) is 0 Å². The van der Waals surface area contributed by atoms with Gasteiger partial charge in [0.05, 0.1) is 0 Å². The summed E-state index contributed by atoms with van der Waals surface area (Å²) in [6.07, 6.45) is 1.67. The third kappa shape index (κ3) is 2.87. The molecule has 2 rings (SSSR count). The van der Waals surface area contributed by atoms with Gasteiger partial charge in [-0.25, -0.2) is 4.98 Å². The van der Waals surface area contributed by atoms with Crippen molar-refractivity contribution in [3.05, 3.63) is 23.9 Å². The van der Waals surface area contributed by atoms with Gasteiger partial charge in [0.2, 0.25) is 0 Å². The minimum Gasteiger partial charge on any atom is -0.373 e. The maximum Gasteiger partial charge on any atom is 0.254 e. The summed E-state index contributed by atoms with van der Waals surface area (Å²) >= 11 is 0. The van der Waals surface area contributed by atoms with Gasteiger partial charge in [0.1, 0.15) is 5.82 Å². The minimum absolute atomic E-state index is 0.0927. The van der Waals surface area contributed by atoms with Gasteiger partial charge in [0.25, 0.3) is 5.91 Å². The van der Waals surface area contributed by atoms with Gasteiger partial charge in [0.15, 0.2) is 0 Å². The highest BCUT2D eigenvalue weighted by Gasteiger charge is 2.33. The molecule has 1 aliphatic rings. The molecule has 5 heteroatoms. The first kappa shape index (κ1) is 13.8. The molecule has 1 N–H and O–H groups in total. The first-order chi connectivity index (χ1) is 9.02. The van der Waals surface area contributed by atoms with Crippen LogP contribution in [-0.4, -0.2) is 61.0 Å². The first-order valence-corrected chi connectivity index (χ1v) is 6.62. The molecule has 2 unspecified atom stereocenters. The molecular formula is C14H22N4O. The third-order valence-corrected chi connectivity index (χ3v) is 3.79. The molecule has 0 bridgehead atoms. The van der Waals surface area contributed by atoms with E-state index in [4.69, 9.17) is 0 Å². The lowest BCUT2D eigenvalue weighted by Crippen LogP contribution is -2.35. The van der Waals surface area contributed by atoms with Crippen LogP contribution < -0.4 is 5.32 Å². The summed E-state index contributed by atoms with van der Waals surface area (Å²) in [5, 5.41) is 2.96. The van der Waals surface area contributed by atoms with Gasteiger partial charge >= 0.3 is 0 Å². The molecule has 1 aromatic rings. The number of likely N-dealkylation sites (tertiary alicyclic amines) is 1. The number of aromatic nitrogens is 1. The Morgan fingerprint density at radius 1 is 1.47 bits per heavy atom. The van der Waals surface area contributed by atoms with E-state index >= 15 is 0 Å². The second-order valence-corrected chi connectivity index (χ2v) is 5.40. The van der Waals surface area contributed by atoms with Crippen molar-refractivity contribution in [2.45, 2.75) is 13.0 Å². The van der Waals surface area contributed by atoms with E-state index in [1.54, 1.807) is 25.4 Å². The quantitative estimate of drug-likeness (QED) is 0.887. The summed E-state index contributed by atoms with van der Waals surface area (Å²) in [5.41, 5.74) is 0.700. The van der Waals surface area contributed by atoms with E-state index in [1.807, 2.05) is 4.90 Å². The van der Waals surface area contributed by atoms with Gasteiger partial charge in [0, 0.05) is 37.9 Å². The Bertz CT molecular complexity index is 461. The van der Waals surface area contributed by atoms with Crippen molar-refractivity contribution in [3.8, 4) is 0 Å². The average Bonchev–Trinajstić information content (AvgIpc) is 2.80. The van der Waals surface area contributed by atoms with Crippen LogP contribution in [0.1, 0.15) is 17.3 Å². The Labute approximate surface area is 114 Å². The van der Waals surface area contributed by atoms with Crippen LogP contribution in [-0.2, 0) is 0 Å². The molecule has 1 aliphatic heterocycles. The fraction of sp³-hybridized carbons (Fsp3) is 0.571. The molecule has 1 aromatic heterocycles. The molecule has 19 heavy (non-hydrogen) atoms. The maximum atomic E-state index is 12.5. The third-order valence-electron chi connectivity index (χ3n) is 3.79. The van der Waals surface area contributed by atoms with Crippen molar-refractivity contribution < 1.29 is 4.79 Å². The van der Waals surface area contributed by atoms with E-state index in [0.29, 0.717) is 17.5 Å². The number of pyridine rings is 1. The van der Waals surface area contributed by atoms with Crippen LogP contribution in [0.4, 0.5) is 5.82 Å². The second-order valence-electron chi connectivity index (χ2n) is 5.40. The number of hydrogen-bond donors (Lipinski definition) is 1. The van der Waals surface area contributed by atoms with Crippen molar-refractivity contribution in [3.63, 3.8) is 0 Å². The van der Waals surface area contributed by atoms with Crippen LogP contribution in [0.15, 0.2) is 18.3 Å². The van der Waals surface area contributed by atoms with Gasteiger partial charge in [-0.15, -0.1) is 0 Å². The second kappa shape index (κ2) is 5.57. The summed E-state index contributed by atoms with van der Waals surface area (Å²) in [6, 6.07) is 4.02. The first-order valence-electron chi connectivity index (χ1n) is 6.62. The van der Waals surface area contributed by atoms with E-state index in [2.05, 4.69) is 36.2 Å². The predicted molar refractivity (Wildman–Crippen MR) is 76.3 cm³/mol. The van der Waals surface area contributed by atoms with E-state index in [0.717, 1.165) is 18.9 Å². The molecule has 0 aromatic carbocycles. The van der Waals surface area contributed by atoms with Crippen LogP contribution in [0.25, 0.3) is 0 Å². The van der Waals surface area contributed by atoms with Crippen molar-refractivity contribution >= 4 is 11.7 Å². The molecule has 0 radical (unpaired) electrons. The van der Waals surface area contributed by atoms with Crippen LogP contribution in [0.5, 0.6) is 0 Å². The molecule has 2 atom stereocenters. The molecule has 1 saturated heterocycles. The van der Waals surface area contributed by atoms with E-state index in [9.17, 15) is 4.79 Å². The fourth-order valence-electron chi connectivity index (χ4n) is 2.67. The number of amides is 1. The molecular weight excluding hydrogens is 240 g/mol. The predicted octanol–water partition coefficient (Wildman–Crippen LogP) is 1.15. The molecule has 2 heterocycles. The number of nitrogens with zero attached hydrogens (tertiary/aromatic N) is 3. The summed E-state index contributed by atoms with van der Waals surface area (Å²) in [7, 11) is 5.94. The Balaban J connectivity index is 2.12. The number of likely N-dealkylation sites (N-methyl/N-ethyl adjacent to an activating group) is 1. The van der Waals surface area contributed by atoms with Crippen LogP contribution in [0.2, 0.25) is 0 Å². The zero-order valence-electron chi connectivity index (χ0n) is 12.1. The SMILES string of the molecule is CNc1cc(C(=O)N2CC(C)C(N(C)C)C2)ccn1. The lowest BCUT2D eigenvalue weighted by Gasteiger charge is -2.22. The molecule has 1 amide bonds. The van der Waals surface area contributed by atoms with Crippen molar-refractivity contribution in [2.75, 3.05) is 39.5 Å². The zero-order valence-corrected chi connectivity index (χ0v) is 12.1. The summed E-state index contributed by atoms with van der Waals surface area (Å²) in [6.45, 7) is 3.81. The van der Waals surface area contributed by atoms with Crippen LogP contribution in [0.3, 0.4) is 0 Å². The monoisotopic (exact) mass is 262 g/mol. The molecule has 1 fully saturated rings. The van der Waals surface area contributed by atoms with Gasteiger partial charge in [-0.3, -0.25) is 4.79 Å². The Hall–Kier alpha value is -1.62. The maximum absolute atomic E-state index is 12.5. The average molecular weight is 262 g/mol. The molecule has 0 aliphatic carbocycles. The summed E-state index contributed by atoms with van der Waals surface area (Å²) < 4.78 is 0.